The topological polar surface area (TPSA) is 110 Å². The predicted octanol–water partition coefficient (Wildman–Crippen LogP) is 1.92. The number of carbonyl (C=O) groups is 1. The number of rotatable bonds is 4. The Morgan fingerprint density at radius 2 is 2.20 bits per heavy atom. The highest BCUT2D eigenvalue weighted by molar-refractivity contribution is 7.16. The van der Waals surface area contributed by atoms with Crippen LogP contribution in [0.3, 0.4) is 0 Å². The maximum atomic E-state index is 12.3. The average molecular weight is 356 g/mol. The molecule has 0 unspecified atom stereocenters. The molecule has 9 heteroatoms. The second-order valence-corrected chi connectivity index (χ2v) is 6.30. The molecule has 4 aromatic rings. The van der Waals surface area contributed by atoms with E-state index in [1.54, 1.807) is 24.3 Å². The van der Waals surface area contributed by atoms with Gasteiger partial charge in [0.05, 0.1) is 17.2 Å². The van der Waals surface area contributed by atoms with Gasteiger partial charge in [-0.15, -0.1) is 11.3 Å². The molecule has 3 aromatic heterocycles. The van der Waals surface area contributed by atoms with Gasteiger partial charge in [-0.1, -0.05) is 0 Å². The summed E-state index contributed by atoms with van der Waals surface area (Å²) in [5.41, 5.74) is 1.31. The van der Waals surface area contributed by atoms with Gasteiger partial charge in [0.15, 0.2) is 5.58 Å². The van der Waals surface area contributed by atoms with Crippen LogP contribution in [0.25, 0.3) is 21.3 Å². The van der Waals surface area contributed by atoms with Gasteiger partial charge < -0.3 is 9.73 Å². The second-order valence-electron chi connectivity index (χ2n) is 5.41. The summed E-state index contributed by atoms with van der Waals surface area (Å²) in [6.45, 7) is 0.230. The number of amides is 1. The van der Waals surface area contributed by atoms with Gasteiger partial charge in [-0.3, -0.25) is 19.1 Å². The number of H-pyrrole nitrogens is 1. The molecule has 0 fully saturated rings. The number of nitrogens with zero attached hydrogens (tertiary/aromatic N) is 2. The number of aromatic nitrogens is 3. The lowest BCUT2D eigenvalue weighted by molar-refractivity contribution is -0.116. The third-order valence-corrected chi connectivity index (χ3v) is 4.55. The van der Waals surface area contributed by atoms with Crippen LogP contribution in [-0.2, 0) is 11.3 Å². The fraction of sp³-hybridized carbons (Fsp3) is 0.125. The number of anilines is 1. The molecule has 3 heterocycles. The first-order valence-corrected chi connectivity index (χ1v) is 8.33. The molecule has 2 N–H and O–H groups in total. The third-order valence-electron chi connectivity index (χ3n) is 3.73. The van der Waals surface area contributed by atoms with Crippen LogP contribution in [0, 0.1) is 0 Å². The molecule has 126 valence electrons. The van der Waals surface area contributed by atoms with Crippen LogP contribution >= 0.6 is 11.3 Å². The number of hydrogen-bond acceptors (Lipinski definition) is 6. The lowest BCUT2D eigenvalue weighted by Gasteiger charge is -2.07. The Bertz CT molecular complexity index is 1200. The maximum Gasteiger partial charge on any atom is 0.417 e. The van der Waals surface area contributed by atoms with Gasteiger partial charge in [-0.05, 0) is 29.6 Å². The van der Waals surface area contributed by atoms with E-state index in [-0.39, 0.29) is 24.4 Å². The van der Waals surface area contributed by atoms with Gasteiger partial charge >= 0.3 is 5.76 Å². The zero-order valence-corrected chi connectivity index (χ0v) is 13.6. The Labute approximate surface area is 143 Å². The number of thiophene rings is 1. The smallest absolute Gasteiger partial charge is 0.408 e. The van der Waals surface area contributed by atoms with E-state index in [4.69, 9.17) is 4.42 Å². The van der Waals surface area contributed by atoms with Crippen molar-refractivity contribution < 1.29 is 9.21 Å². The van der Waals surface area contributed by atoms with E-state index in [9.17, 15) is 14.4 Å². The van der Waals surface area contributed by atoms with Crippen molar-refractivity contribution >= 4 is 44.2 Å². The number of hydrogen-bond donors (Lipinski definition) is 2. The number of oxazole rings is 1. The van der Waals surface area contributed by atoms with Crippen molar-refractivity contribution in [2.24, 2.45) is 0 Å². The molecule has 0 saturated carbocycles. The summed E-state index contributed by atoms with van der Waals surface area (Å²) in [5, 5.41) is 5.10. The quantitative estimate of drug-likeness (QED) is 0.580. The van der Waals surface area contributed by atoms with E-state index in [0.717, 1.165) is 0 Å². The van der Waals surface area contributed by atoms with Crippen LogP contribution in [0.15, 0.2) is 50.0 Å². The van der Waals surface area contributed by atoms with E-state index >= 15 is 0 Å². The predicted molar refractivity (Wildman–Crippen MR) is 94.0 cm³/mol. The van der Waals surface area contributed by atoms with Gasteiger partial charge in [-0.2, -0.15) is 0 Å². The van der Waals surface area contributed by atoms with Crippen LogP contribution in [0.2, 0.25) is 0 Å². The van der Waals surface area contributed by atoms with Crippen molar-refractivity contribution in [2.45, 2.75) is 13.0 Å². The van der Waals surface area contributed by atoms with E-state index in [1.165, 1.54) is 22.2 Å². The minimum absolute atomic E-state index is 0.122. The molecule has 4 rings (SSSR count). The summed E-state index contributed by atoms with van der Waals surface area (Å²) in [7, 11) is 0. The third kappa shape index (κ3) is 2.96. The molecule has 0 atom stereocenters. The summed E-state index contributed by atoms with van der Waals surface area (Å²) >= 11 is 1.40. The SMILES string of the molecule is O=C(CCn1cnc2sccc2c1=O)Nc1ccc2oc(=O)[nH]c2c1. The first kappa shape index (κ1) is 15.3. The van der Waals surface area contributed by atoms with Crippen LogP contribution in [0.4, 0.5) is 5.69 Å². The van der Waals surface area contributed by atoms with Crippen molar-refractivity contribution in [1.82, 2.24) is 14.5 Å². The molecule has 0 aliphatic carbocycles. The molecule has 0 spiro atoms. The lowest BCUT2D eigenvalue weighted by atomic mass is 10.2. The van der Waals surface area contributed by atoms with E-state index in [0.29, 0.717) is 27.0 Å². The molecule has 25 heavy (non-hydrogen) atoms. The number of aromatic amines is 1. The van der Waals surface area contributed by atoms with Gasteiger partial charge in [0.2, 0.25) is 5.91 Å². The molecular formula is C16H12N4O4S. The van der Waals surface area contributed by atoms with E-state index in [1.807, 2.05) is 5.38 Å². The van der Waals surface area contributed by atoms with Crippen molar-refractivity contribution in [3.8, 4) is 0 Å². The number of nitrogens with one attached hydrogen (secondary N) is 2. The van der Waals surface area contributed by atoms with Crippen LogP contribution in [-0.4, -0.2) is 20.4 Å². The minimum atomic E-state index is -0.547. The Kier molecular flexibility index (Phi) is 3.69. The summed E-state index contributed by atoms with van der Waals surface area (Å²) in [4.78, 5) is 42.9. The molecule has 0 aliphatic rings. The average Bonchev–Trinajstić information content (AvgIpc) is 3.19. The minimum Gasteiger partial charge on any atom is -0.408 e. The lowest BCUT2D eigenvalue weighted by Crippen LogP contribution is -2.23. The Morgan fingerprint density at radius 3 is 3.08 bits per heavy atom. The highest BCUT2D eigenvalue weighted by atomic mass is 32.1. The monoisotopic (exact) mass is 356 g/mol. The van der Waals surface area contributed by atoms with Crippen LogP contribution in [0.5, 0.6) is 0 Å². The molecule has 8 nitrogen and oxygen atoms in total. The normalized spacial score (nSPS) is 11.2. The molecule has 0 bridgehead atoms. The van der Waals surface area contributed by atoms with Crippen molar-refractivity contribution in [2.75, 3.05) is 5.32 Å². The number of benzene rings is 1. The fourth-order valence-corrected chi connectivity index (χ4v) is 3.25. The van der Waals surface area contributed by atoms with E-state index < -0.39 is 5.76 Å². The zero-order valence-electron chi connectivity index (χ0n) is 12.8. The van der Waals surface area contributed by atoms with Gasteiger partial charge in [0.1, 0.15) is 4.83 Å². The number of fused-ring (bicyclic) bond motifs is 2. The Balaban J connectivity index is 1.46. The van der Waals surface area contributed by atoms with Gasteiger partial charge in [0, 0.05) is 18.7 Å². The molecule has 0 radical (unpaired) electrons. The summed E-state index contributed by atoms with van der Waals surface area (Å²) < 4.78 is 6.33. The first-order valence-electron chi connectivity index (χ1n) is 7.45. The van der Waals surface area contributed by atoms with Crippen LogP contribution in [0.1, 0.15) is 6.42 Å². The van der Waals surface area contributed by atoms with E-state index in [2.05, 4.69) is 15.3 Å². The number of aryl methyl sites for hydroxylation is 1. The highest BCUT2D eigenvalue weighted by Gasteiger charge is 2.09. The maximum absolute atomic E-state index is 12.3. The fourth-order valence-electron chi connectivity index (χ4n) is 2.53. The highest BCUT2D eigenvalue weighted by Crippen LogP contribution is 2.16. The standard InChI is InChI=1S/C16H12N4O4S/c21-13(18-9-1-2-12-11(7-9)19-16(23)24-12)3-5-20-8-17-14-10(15(20)22)4-6-25-14/h1-2,4,6-8H,3,5H2,(H,18,21)(H,19,23). The van der Waals surface area contributed by atoms with Crippen molar-refractivity contribution in [1.29, 1.82) is 0 Å². The molecule has 0 aliphatic heterocycles. The molecule has 1 aromatic carbocycles. The zero-order chi connectivity index (χ0) is 17.4. The Hall–Kier alpha value is -3.20. The largest absolute Gasteiger partial charge is 0.417 e. The Morgan fingerprint density at radius 1 is 1.32 bits per heavy atom. The molecule has 0 saturated heterocycles. The van der Waals surface area contributed by atoms with Crippen molar-refractivity contribution in [3.05, 3.63) is 56.9 Å². The summed E-state index contributed by atoms with van der Waals surface area (Å²) in [6.07, 6.45) is 1.58. The van der Waals surface area contributed by atoms with Crippen LogP contribution < -0.4 is 16.6 Å². The molecule has 1 amide bonds. The second kappa shape index (κ2) is 6.02. The van der Waals surface area contributed by atoms with Gasteiger partial charge in [-0.25, -0.2) is 9.78 Å². The number of carbonyl (C=O) groups excluding carboxylic acids is 1. The van der Waals surface area contributed by atoms with Gasteiger partial charge in [0.25, 0.3) is 5.56 Å². The summed E-state index contributed by atoms with van der Waals surface area (Å²) in [6, 6.07) is 6.58. The summed E-state index contributed by atoms with van der Waals surface area (Å²) in [5.74, 6) is -0.795. The van der Waals surface area contributed by atoms with Crippen molar-refractivity contribution in [3.63, 3.8) is 0 Å². The molecular weight excluding hydrogens is 344 g/mol. The first-order chi connectivity index (χ1) is 12.1.